The van der Waals surface area contributed by atoms with Crippen LogP contribution in [-0.4, -0.2) is 30.7 Å². The minimum absolute atomic E-state index is 0.345. The van der Waals surface area contributed by atoms with Crippen LogP contribution in [0.5, 0.6) is 11.6 Å². The summed E-state index contributed by atoms with van der Waals surface area (Å²) in [4.78, 5) is 11.5. The third-order valence-corrected chi connectivity index (χ3v) is 3.62. The van der Waals surface area contributed by atoms with Crippen LogP contribution in [0.15, 0.2) is 6.07 Å². The van der Waals surface area contributed by atoms with Crippen molar-refractivity contribution in [2.75, 3.05) is 14.2 Å². The van der Waals surface area contributed by atoms with E-state index in [-0.39, 0.29) is 0 Å². The lowest BCUT2D eigenvalue weighted by molar-refractivity contribution is -0.113. The van der Waals surface area contributed by atoms with Crippen LogP contribution < -0.4 is 9.47 Å². The Morgan fingerprint density at radius 2 is 1.89 bits per heavy atom. The minimum Gasteiger partial charge on any atom is -0.491 e. The van der Waals surface area contributed by atoms with Crippen LogP contribution in [0.2, 0.25) is 0 Å². The van der Waals surface area contributed by atoms with Crippen LogP contribution in [0.1, 0.15) is 37.8 Å². The summed E-state index contributed by atoms with van der Waals surface area (Å²) in [7, 11) is 3.07. The highest BCUT2D eigenvalue weighted by Crippen LogP contribution is 2.38. The van der Waals surface area contributed by atoms with Crippen molar-refractivity contribution >= 4 is 6.29 Å². The molecule has 2 rings (SSSR count). The van der Waals surface area contributed by atoms with Gasteiger partial charge in [0.1, 0.15) is 6.29 Å². The van der Waals surface area contributed by atoms with E-state index in [1.165, 1.54) is 13.5 Å². The number of hydrogen-bond acceptors (Lipinski definition) is 5. The Morgan fingerprint density at radius 1 is 1.17 bits per heavy atom. The van der Waals surface area contributed by atoms with Crippen molar-refractivity contribution in [1.29, 1.82) is 0 Å². The SMILES string of the molecule is COc1cc(C2(C=O)CCCCC2)nnc1OC. The Labute approximate surface area is 107 Å². The van der Waals surface area contributed by atoms with Crippen molar-refractivity contribution < 1.29 is 14.3 Å². The number of methoxy groups -OCH3 is 2. The number of aldehydes is 1. The Hall–Kier alpha value is -1.65. The summed E-state index contributed by atoms with van der Waals surface area (Å²) in [6.45, 7) is 0. The molecule has 1 saturated carbocycles. The van der Waals surface area contributed by atoms with Gasteiger partial charge in [-0.3, -0.25) is 0 Å². The molecule has 1 heterocycles. The van der Waals surface area contributed by atoms with E-state index in [1.54, 1.807) is 13.2 Å². The van der Waals surface area contributed by atoms with Gasteiger partial charge in [0.25, 0.3) is 5.88 Å². The predicted molar refractivity (Wildman–Crippen MR) is 66.0 cm³/mol. The molecule has 0 radical (unpaired) electrons. The summed E-state index contributed by atoms with van der Waals surface area (Å²) in [5, 5.41) is 8.12. The second kappa shape index (κ2) is 5.33. The number of aromatic nitrogens is 2. The molecule has 5 heteroatoms. The number of carbonyl (C=O) groups is 1. The van der Waals surface area contributed by atoms with Crippen molar-refractivity contribution in [2.45, 2.75) is 37.5 Å². The largest absolute Gasteiger partial charge is 0.491 e. The third kappa shape index (κ3) is 2.17. The molecule has 1 fully saturated rings. The van der Waals surface area contributed by atoms with Crippen molar-refractivity contribution in [1.82, 2.24) is 10.2 Å². The molecule has 0 unspecified atom stereocenters. The van der Waals surface area contributed by atoms with E-state index in [0.717, 1.165) is 32.0 Å². The van der Waals surface area contributed by atoms with Gasteiger partial charge in [0.15, 0.2) is 5.75 Å². The van der Waals surface area contributed by atoms with Crippen molar-refractivity contribution in [3.8, 4) is 11.6 Å². The molecule has 1 aromatic rings. The van der Waals surface area contributed by atoms with Gasteiger partial charge in [-0.1, -0.05) is 19.3 Å². The van der Waals surface area contributed by atoms with Crippen LogP contribution in [0.4, 0.5) is 0 Å². The molecule has 98 valence electrons. The molecule has 5 nitrogen and oxygen atoms in total. The van der Waals surface area contributed by atoms with Crippen LogP contribution in [-0.2, 0) is 10.2 Å². The average molecular weight is 250 g/mol. The Bertz CT molecular complexity index is 428. The van der Waals surface area contributed by atoms with Crippen LogP contribution in [0.3, 0.4) is 0 Å². The Morgan fingerprint density at radius 3 is 2.44 bits per heavy atom. The molecule has 0 aliphatic heterocycles. The third-order valence-electron chi connectivity index (χ3n) is 3.62. The van der Waals surface area contributed by atoms with Crippen LogP contribution in [0.25, 0.3) is 0 Å². The maximum absolute atomic E-state index is 11.5. The highest BCUT2D eigenvalue weighted by Gasteiger charge is 2.36. The monoisotopic (exact) mass is 250 g/mol. The lowest BCUT2D eigenvalue weighted by Gasteiger charge is -2.31. The first-order chi connectivity index (χ1) is 8.75. The number of rotatable bonds is 4. The lowest BCUT2D eigenvalue weighted by Crippen LogP contribution is -2.32. The average Bonchev–Trinajstić information content (AvgIpc) is 2.47. The summed E-state index contributed by atoms with van der Waals surface area (Å²) in [5.74, 6) is 0.868. The van der Waals surface area contributed by atoms with Gasteiger partial charge in [-0.05, 0) is 12.8 Å². The molecule has 1 aliphatic rings. The summed E-state index contributed by atoms with van der Waals surface area (Å²) in [6, 6.07) is 1.77. The molecule has 1 aromatic heterocycles. The standard InChI is InChI=1S/C13H18N2O3/c1-17-10-8-11(14-15-12(10)18-2)13(9-16)6-4-3-5-7-13/h8-9H,3-7H2,1-2H3. The zero-order valence-corrected chi connectivity index (χ0v) is 10.8. The zero-order valence-electron chi connectivity index (χ0n) is 10.8. The minimum atomic E-state index is -0.495. The maximum Gasteiger partial charge on any atom is 0.276 e. The Kier molecular flexibility index (Phi) is 3.79. The number of nitrogens with zero attached hydrogens (tertiary/aromatic N) is 2. The summed E-state index contributed by atoms with van der Waals surface area (Å²) in [5.41, 5.74) is 0.194. The zero-order chi connectivity index (χ0) is 13.0. The summed E-state index contributed by atoms with van der Waals surface area (Å²) in [6.07, 6.45) is 5.96. The van der Waals surface area contributed by atoms with E-state index in [1.807, 2.05) is 0 Å². The molecule has 0 bridgehead atoms. The van der Waals surface area contributed by atoms with E-state index in [0.29, 0.717) is 17.3 Å². The lowest BCUT2D eigenvalue weighted by atomic mass is 9.73. The first-order valence-electron chi connectivity index (χ1n) is 6.18. The topological polar surface area (TPSA) is 61.3 Å². The van der Waals surface area contributed by atoms with Gasteiger partial charge >= 0.3 is 0 Å². The van der Waals surface area contributed by atoms with Gasteiger partial charge in [0, 0.05) is 6.07 Å². The quantitative estimate of drug-likeness (QED) is 0.764. The molecular weight excluding hydrogens is 232 g/mol. The molecule has 0 amide bonds. The predicted octanol–water partition coefficient (Wildman–Crippen LogP) is 1.89. The fourth-order valence-electron chi connectivity index (χ4n) is 2.51. The molecule has 0 N–H and O–H groups in total. The van der Waals surface area contributed by atoms with Gasteiger partial charge in [-0.25, -0.2) is 0 Å². The van der Waals surface area contributed by atoms with E-state index >= 15 is 0 Å². The molecule has 0 aromatic carbocycles. The smallest absolute Gasteiger partial charge is 0.276 e. The molecule has 1 aliphatic carbocycles. The van der Waals surface area contributed by atoms with Crippen LogP contribution in [0, 0.1) is 0 Å². The highest BCUT2D eigenvalue weighted by atomic mass is 16.5. The molecule has 0 atom stereocenters. The first kappa shape index (κ1) is 12.8. The fourth-order valence-corrected chi connectivity index (χ4v) is 2.51. The van der Waals surface area contributed by atoms with Crippen LogP contribution >= 0.6 is 0 Å². The van der Waals surface area contributed by atoms with E-state index < -0.39 is 5.41 Å². The Balaban J connectivity index is 2.39. The van der Waals surface area contributed by atoms with Crippen molar-refractivity contribution in [3.63, 3.8) is 0 Å². The van der Waals surface area contributed by atoms with E-state index in [4.69, 9.17) is 9.47 Å². The first-order valence-corrected chi connectivity index (χ1v) is 6.18. The van der Waals surface area contributed by atoms with Gasteiger partial charge in [-0.2, -0.15) is 5.10 Å². The van der Waals surface area contributed by atoms with Gasteiger partial charge in [0.2, 0.25) is 0 Å². The van der Waals surface area contributed by atoms with E-state index in [2.05, 4.69) is 10.2 Å². The fraction of sp³-hybridized carbons (Fsp3) is 0.615. The summed E-state index contributed by atoms with van der Waals surface area (Å²) >= 11 is 0. The number of ether oxygens (including phenoxy) is 2. The molecule has 18 heavy (non-hydrogen) atoms. The van der Waals surface area contributed by atoms with Gasteiger partial charge in [0.05, 0.1) is 25.3 Å². The second-order valence-electron chi connectivity index (χ2n) is 4.64. The van der Waals surface area contributed by atoms with Crippen molar-refractivity contribution in [2.24, 2.45) is 0 Å². The van der Waals surface area contributed by atoms with Gasteiger partial charge in [-0.15, -0.1) is 5.10 Å². The number of hydrogen-bond donors (Lipinski definition) is 0. The number of carbonyl (C=O) groups excluding carboxylic acids is 1. The second-order valence-corrected chi connectivity index (χ2v) is 4.64. The summed E-state index contributed by atoms with van der Waals surface area (Å²) < 4.78 is 10.3. The van der Waals surface area contributed by atoms with E-state index in [9.17, 15) is 4.79 Å². The molecule has 0 spiro atoms. The molecule has 0 saturated heterocycles. The van der Waals surface area contributed by atoms with Gasteiger partial charge < -0.3 is 14.3 Å². The molecular formula is C13H18N2O3. The normalized spacial score (nSPS) is 18.1. The maximum atomic E-state index is 11.5. The van der Waals surface area contributed by atoms with Crippen molar-refractivity contribution in [3.05, 3.63) is 11.8 Å². The highest BCUT2D eigenvalue weighted by molar-refractivity contribution is 5.68.